The quantitative estimate of drug-likeness (QED) is 0.173. The molecule has 1 amide bonds. The van der Waals surface area contributed by atoms with Crippen LogP contribution in [0.15, 0.2) is 18.2 Å². The van der Waals surface area contributed by atoms with Crippen molar-refractivity contribution in [1.82, 2.24) is 5.32 Å². The van der Waals surface area contributed by atoms with Gasteiger partial charge in [-0.1, -0.05) is 56.0 Å². The van der Waals surface area contributed by atoms with Crippen molar-refractivity contribution in [2.75, 3.05) is 35.7 Å². The third-order valence-electron chi connectivity index (χ3n) is 4.25. The molecule has 1 aromatic carbocycles. The Morgan fingerprint density at radius 1 is 1.17 bits per heavy atom. The summed E-state index contributed by atoms with van der Waals surface area (Å²) < 4.78 is 0. The van der Waals surface area contributed by atoms with E-state index in [4.69, 9.17) is 5.11 Å². The highest BCUT2D eigenvalue weighted by molar-refractivity contribution is 8.77. The number of hydrogen-bond donors (Lipinski definition) is 4. The largest absolute Gasteiger partial charge is 0.507 e. The minimum Gasteiger partial charge on any atom is -0.507 e. The van der Waals surface area contributed by atoms with Gasteiger partial charge in [-0.3, -0.25) is 4.79 Å². The van der Waals surface area contributed by atoms with Gasteiger partial charge in [0.1, 0.15) is 11.3 Å². The second kappa shape index (κ2) is 14.3. The van der Waals surface area contributed by atoms with E-state index in [0.29, 0.717) is 5.69 Å². The van der Waals surface area contributed by atoms with Crippen molar-refractivity contribution >= 4 is 60.7 Å². The third-order valence-corrected chi connectivity index (χ3v) is 9.53. The Morgan fingerprint density at radius 3 is 2.79 bits per heavy atom. The molecule has 1 fully saturated rings. The van der Waals surface area contributed by atoms with Crippen LogP contribution in [0.4, 0.5) is 5.69 Å². The molecule has 0 saturated carbocycles. The number of carboxylic acids is 1. The maximum atomic E-state index is 11.9. The van der Waals surface area contributed by atoms with Crippen LogP contribution in [0.1, 0.15) is 42.5 Å². The summed E-state index contributed by atoms with van der Waals surface area (Å²) in [6, 6.07) is 4.00. The summed E-state index contributed by atoms with van der Waals surface area (Å²) in [6.07, 6.45) is 6.56. The van der Waals surface area contributed by atoms with Gasteiger partial charge >= 0.3 is 5.97 Å². The van der Waals surface area contributed by atoms with Gasteiger partial charge in [0.25, 0.3) is 0 Å². The van der Waals surface area contributed by atoms with E-state index in [0.717, 1.165) is 24.1 Å². The number of carboxylic acid groups (broad SMARTS) is 1. The van der Waals surface area contributed by atoms with Gasteiger partial charge in [-0.05, 0) is 44.0 Å². The van der Waals surface area contributed by atoms with E-state index in [1.165, 1.54) is 66.8 Å². The molecule has 2 rings (SSSR count). The molecule has 0 spiro atoms. The predicted octanol–water partition coefficient (Wildman–Crippen LogP) is 4.71. The molecule has 6 nitrogen and oxygen atoms in total. The first kappa shape index (κ1) is 24.6. The number of carbonyl (C=O) groups is 2. The van der Waals surface area contributed by atoms with Gasteiger partial charge in [-0.15, -0.1) is 0 Å². The molecule has 0 radical (unpaired) electrons. The molecule has 1 unspecified atom stereocenters. The zero-order valence-corrected chi connectivity index (χ0v) is 19.5. The third kappa shape index (κ3) is 10.3. The molecular weight excluding hydrogens is 448 g/mol. The number of benzene rings is 1. The lowest BCUT2D eigenvalue weighted by Gasteiger charge is -2.08. The molecule has 0 bridgehead atoms. The molecule has 162 valence electrons. The number of unbranched alkanes of at least 4 members (excludes halogenated alkanes) is 2. The Hall–Kier alpha value is -0.680. The molecule has 1 atom stereocenters. The first-order valence-electron chi connectivity index (χ1n) is 9.66. The molecule has 10 heteroatoms. The van der Waals surface area contributed by atoms with E-state index < -0.39 is 5.97 Å². The van der Waals surface area contributed by atoms with Crippen LogP contribution in [0.3, 0.4) is 0 Å². The Kier molecular flexibility index (Phi) is 12.2. The van der Waals surface area contributed by atoms with Gasteiger partial charge in [0, 0.05) is 29.0 Å². The van der Waals surface area contributed by atoms with E-state index >= 15 is 0 Å². The lowest BCUT2D eigenvalue weighted by molar-refractivity contribution is -0.113. The first-order chi connectivity index (χ1) is 14.1. The fraction of sp³-hybridized carbons (Fsp3) is 0.579. The lowest BCUT2D eigenvalue weighted by Crippen LogP contribution is -2.18. The molecule has 0 aromatic heterocycles. The Labute approximate surface area is 187 Å². The summed E-state index contributed by atoms with van der Waals surface area (Å²) in [4.78, 5) is 22.9. The van der Waals surface area contributed by atoms with Crippen LogP contribution in [-0.2, 0) is 4.79 Å². The van der Waals surface area contributed by atoms with Crippen LogP contribution in [0, 0.1) is 0 Å². The molecule has 1 heterocycles. The van der Waals surface area contributed by atoms with Crippen molar-refractivity contribution in [1.29, 1.82) is 0 Å². The van der Waals surface area contributed by atoms with Crippen LogP contribution < -0.4 is 10.6 Å². The summed E-state index contributed by atoms with van der Waals surface area (Å²) in [5.41, 5.74) is 0.134. The average Bonchev–Trinajstić information content (AvgIpc) is 3.21. The summed E-state index contributed by atoms with van der Waals surface area (Å²) in [5.74, 6) is 0.775. The number of aromatic hydroxyl groups is 1. The number of hydrogen-bond acceptors (Lipinski definition) is 8. The van der Waals surface area contributed by atoms with E-state index in [1.807, 2.05) is 10.8 Å². The Morgan fingerprint density at radius 2 is 2.03 bits per heavy atom. The summed E-state index contributed by atoms with van der Waals surface area (Å²) >= 11 is 0. The summed E-state index contributed by atoms with van der Waals surface area (Å²) in [7, 11) is 7.19. The van der Waals surface area contributed by atoms with Gasteiger partial charge in [0.05, 0.1) is 5.75 Å². The van der Waals surface area contributed by atoms with Crippen LogP contribution in [0.25, 0.3) is 0 Å². The molecule has 1 aliphatic heterocycles. The molecule has 1 aliphatic rings. The number of amides is 1. The van der Waals surface area contributed by atoms with Crippen molar-refractivity contribution in [2.24, 2.45) is 0 Å². The van der Waals surface area contributed by atoms with E-state index in [-0.39, 0.29) is 23.0 Å². The summed E-state index contributed by atoms with van der Waals surface area (Å²) in [6.45, 7) is 1.97. The number of carbonyl (C=O) groups excluding carboxylic acids is 1. The maximum absolute atomic E-state index is 11.9. The molecule has 0 aliphatic carbocycles. The molecule has 29 heavy (non-hydrogen) atoms. The average molecular weight is 477 g/mol. The van der Waals surface area contributed by atoms with Crippen LogP contribution >= 0.6 is 43.2 Å². The van der Waals surface area contributed by atoms with Crippen molar-refractivity contribution in [3.63, 3.8) is 0 Å². The number of phenols is 1. The second-order valence-electron chi connectivity index (χ2n) is 6.60. The zero-order valence-electron chi connectivity index (χ0n) is 16.2. The van der Waals surface area contributed by atoms with Crippen LogP contribution in [0.2, 0.25) is 0 Å². The van der Waals surface area contributed by atoms with Crippen molar-refractivity contribution in [3.8, 4) is 5.75 Å². The fourth-order valence-electron chi connectivity index (χ4n) is 2.74. The summed E-state index contributed by atoms with van der Waals surface area (Å²) in [5, 5.41) is 25.4. The van der Waals surface area contributed by atoms with E-state index in [2.05, 4.69) is 21.4 Å². The first-order valence-corrected chi connectivity index (χ1v) is 14.5. The van der Waals surface area contributed by atoms with Crippen LogP contribution in [0.5, 0.6) is 5.75 Å². The van der Waals surface area contributed by atoms with E-state index in [9.17, 15) is 14.7 Å². The number of aromatic carboxylic acids is 1. The smallest absolute Gasteiger partial charge is 0.339 e. The minimum atomic E-state index is -1.23. The van der Waals surface area contributed by atoms with Gasteiger partial charge in [-0.25, -0.2) is 4.79 Å². The Balaban J connectivity index is 1.43. The van der Waals surface area contributed by atoms with Gasteiger partial charge in [0.15, 0.2) is 0 Å². The Bertz CT molecular complexity index is 657. The lowest BCUT2D eigenvalue weighted by atomic mass is 10.1. The standard InChI is InChI=1S/C19H28N2O4S4/c22-17-6-5-14(12-16(17)19(24)25)21-18(23)13-28-26-11-9-20-8-3-1-2-4-15-7-10-27-29-15/h5-6,12,15,20,22H,1-4,7-11,13H2,(H,21,23)(H,24,25). The number of nitrogens with one attached hydrogen (secondary N) is 2. The molecule has 1 saturated heterocycles. The maximum Gasteiger partial charge on any atom is 0.339 e. The molecule has 1 aromatic rings. The monoisotopic (exact) mass is 476 g/mol. The van der Waals surface area contributed by atoms with Gasteiger partial charge in [0.2, 0.25) is 5.91 Å². The van der Waals surface area contributed by atoms with E-state index in [1.54, 1.807) is 10.8 Å². The predicted molar refractivity (Wildman–Crippen MR) is 128 cm³/mol. The second-order valence-corrected chi connectivity index (χ2v) is 12.0. The SMILES string of the molecule is O=C(CSSCCNCCCCCC1CCSS1)Nc1ccc(O)c(C(=O)O)c1. The molecular formula is C19H28N2O4S4. The van der Waals surface area contributed by atoms with Crippen molar-refractivity contribution in [3.05, 3.63) is 23.8 Å². The number of anilines is 1. The number of rotatable bonds is 14. The van der Waals surface area contributed by atoms with Crippen molar-refractivity contribution in [2.45, 2.75) is 37.4 Å². The fourth-order valence-corrected chi connectivity index (χ4v) is 7.55. The minimum absolute atomic E-state index is 0.198. The zero-order chi connectivity index (χ0) is 20.9. The highest BCUT2D eigenvalue weighted by Gasteiger charge is 2.15. The highest BCUT2D eigenvalue weighted by atomic mass is 33.1. The molecule has 4 N–H and O–H groups in total. The highest BCUT2D eigenvalue weighted by Crippen LogP contribution is 2.39. The topological polar surface area (TPSA) is 98.7 Å². The van der Waals surface area contributed by atoms with Gasteiger partial charge < -0.3 is 20.8 Å². The van der Waals surface area contributed by atoms with Gasteiger partial charge in [-0.2, -0.15) is 0 Å². The van der Waals surface area contributed by atoms with Crippen LogP contribution in [-0.4, -0.2) is 57.7 Å². The normalized spacial score (nSPS) is 16.1. The van der Waals surface area contributed by atoms with Crippen molar-refractivity contribution < 1.29 is 19.8 Å².